The summed E-state index contributed by atoms with van der Waals surface area (Å²) < 4.78 is 16.0. The van der Waals surface area contributed by atoms with E-state index in [0.29, 0.717) is 37.7 Å². The van der Waals surface area contributed by atoms with Gasteiger partial charge in [0.2, 0.25) is 0 Å². The quantitative estimate of drug-likeness (QED) is 0.532. The van der Waals surface area contributed by atoms with E-state index in [1.54, 1.807) is 43.9 Å². The van der Waals surface area contributed by atoms with Crippen molar-refractivity contribution in [1.82, 2.24) is 10.2 Å². The number of nitrogens with one attached hydrogen (secondary N) is 1. The number of rotatable bonds is 9. The summed E-state index contributed by atoms with van der Waals surface area (Å²) in [4.78, 5) is 42.8. The summed E-state index contributed by atoms with van der Waals surface area (Å²) in [7, 11) is 2.98. The Morgan fingerprint density at radius 2 is 1.44 bits per heavy atom. The molecule has 3 rings (SSSR count). The molecule has 36 heavy (non-hydrogen) atoms. The molecule has 0 saturated carbocycles. The molecular weight excluding hydrogens is 462 g/mol. The smallest absolute Gasteiger partial charge is 0.329 e. The van der Waals surface area contributed by atoms with Crippen LogP contribution in [0.5, 0.6) is 11.5 Å². The maximum Gasteiger partial charge on any atom is 0.329 e. The van der Waals surface area contributed by atoms with Crippen LogP contribution in [0.2, 0.25) is 0 Å². The highest BCUT2D eigenvalue weighted by Crippen LogP contribution is 2.23. The zero-order valence-corrected chi connectivity index (χ0v) is 21.5. The molecule has 1 unspecified atom stereocenters. The Labute approximate surface area is 212 Å². The minimum absolute atomic E-state index is 0.248. The van der Waals surface area contributed by atoms with Crippen LogP contribution in [0.1, 0.15) is 31.1 Å². The van der Waals surface area contributed by atoms with Crippen molar-refractivity contribution in [1.29, 1.82) is 0 Å². The van der Waals surface area contributed by atoms with Gasteiger partial charge >= 0.3 is 5.97 Å². The molecule has 9 nitrogen and oxygen atoms in total. The summed E-state index contributed by atoms with van der Waals surface area (Å²) in [5.41, 5.74) is 1.40. The maximum atomic E-state index is 13.0. The van der Waals surface area contributed by atoms with Crippen LogP contribution in [-0.4, -0.2) is 75.2 Å². The van der Waals surface area contributed by atoms with E-state index in [4.69, 9.17) is 14.2 Å². The molecule has 1 heterocycles. The number of esters is 1. The van der Waals surface area contributed by atoms with Gasteiger partial charge in [0.15, 0.2) is 6.10 Å². The highest BCUT2D eigenvalue weighted by Gasteiger charge is 2.32. The molecule has 1 aliphatic rings. The van der Waals surface area contributed by atoms with Crippen LogP contribution < -0.4 is 19.7 Å². The van der Waals surface area contributed by atoms with E-state index in [9.17, 15) is 14.4 Å². The van der Waals surface area contributed by atoms with Crippen molar-refractivity contribution in [3.8, 4) is 11.5 Å². The van der Waals surface area contributed by atoms with Crippen molar-refractivity contribution < 1.29 is 28.6 Å². The van der Waals surface area contributed by atoms with Gasteiger partial charge in [-0.2, -0.15) is 0 Å². The number of benzene rings is 2. The fourth-order valence-electron chi connectivity index (χ4n) is 4.04. The molecule has 9 heteroatoms. The molecule has 2 aromatic carbocycles. The number of anilines is 1. The third-order valence-corrected chi connectivity index (χ3v) is 6.17. The molecule has 1 N–H and O–H groups in total. The first-order valence-corrected chi connectivity index (χ1v) is 12.1. The number of hydrogen-bond acceptors (Lipinski definition) is 7. The molecule has 0 aromatic heterocycles. The number of amides is 2. The van der Waals surface area contributed by atoms with E-state index >= 15 is 0 Å². The van der Waals surface area contributed by atoms with Gasteiger partial charge in [-0.1, -0.05) is 32.0 Å². The number of methoxy groups -OCH3 is 2. The Balaban J connectivity index is 1.59. The molecule has 2 aromatic rings. The molecule has 2 atom stereocenters. The normalized spacial score (nSPS) is 15.2. The third kappa shape index (κ3) is 6.68. The van der Waals surface area contributed by atoms with Crippen molar-refractivity contribution in [2.24, 2.45) is 5.92 Å². The average molecular weight is 498 g/mol. The number of hydrogen-bond donors (Lipinski definition) is 1. The lowest BCUT2D eigenvalue weighted by atomic mass is 10.0. The van der Waals surface area contributed by atoms with E-state index in [0.717, 1.165) is 5.69 Å². The third-order valence-electron chi connectivity index (χ3n) is 6.17. The van der Waals surface area contributed by atoms with E-state index in [2.05, 4.69) is 10.2 Å². The predicted octanol–water partition coefficient (Wildman–Crippen LogP) is 2.74. The van der Waals surface area contributed by atoms with Crippen molar-refractivity contribution in [2.75, 3.05) is 45.3 Å². The highest BCUT2D eigenvalue weighted by molar-refractivity contribution is 5.98. The van der Waals surface area contributed by atoms with Crippen molar-refractivity contribution >= 4 is 23.5 Å². The SMILES string of the molecule is COc1cc(OC)cc(C(=O)N[C@H](C(=O)OC(C)C(=O)N2CCN(c3ccccc3)CC2)C(C)C)c1. The number of nitrogens with zero attached hydrogens (tertiary/aromatic N) is 2. The minimum atomic E-state index is -0.962. The zero-order valence-electron chi connectivity index (χ0n) is 21.5. The molecule has 0 bridgehead atoms. The monoisotopic (exact) mass is 497 g/mol. The zero-order chi connectivity index (χ0) is 26.2. The van der Waals surface area contributed by atoms with Gasteiger partial charge in [-0.3, -0.25) is 9.59 Å². The Morgan fingerprint density at radius 3 is 1.97 bits per heavy atom. The summed E-state index contributed by atoms with van der Waals surface area (Å²) in [6.07, 6.45) is -0.962. The van der Waals surface area contributed by atoms with Gasteiger partial charge in [0.25, 0.3) is 11.8 Å². The van der Waals surface area contributed by atoms with Crippen LogP contribution >= 0.6 is 0 Å². The van der Waals surface area contributed by atoms with Crippen LogP contribution in [0.4, 0.5) is 5.69 Å². The number of piperazine rings is 1. The molecule has 2 amide bonds. The highest BCUT2D eigenvalue weighted by atomic mass is 16.5. The Kier molecular flexibility index (Phi) is 9.16. The summed E-state index contributed by atoms with van der Waals surface area (Å²) in [5, 5.41) is 2.73. The first-order valence-electron chi connectivity index (χ1n) is 12.1. The summed E-state index contributed by atoms with van der Waals surface area (Å²) >= 11 is 0. The summed E-state index contributed by atoms with van der Waals surface area (Å²) in [6, 6.07) is 13.9. The van der Waals surface area contributed by atoms with Gasteiger partial charge in [0.1, 0.15) is 17.5 Å². The largest absolute Gasteiger partial charge is 0.497 e. The van der Waals surface area contributed by atoms with Crippen molar-refractivity contribution in [3.63, 3.8) is 0 Å². The molecule has 1 aliphatic heterocycles. The fourth-order valence-corrected chi connectivity index (χ4v) is 4.04. The molecule has 0 aliphatic carbocycles. The predicted molar refractivity (Wildman–Crippen MR) is 136 cm³/mol. The van der Waals surface area contributed by atoms with Crippen LogP contribution in [0, 0.1) is 5.92 Å². The van der Waals surface area contributed by atoms with E-state index in [1.165, 1.54) is 14.2 Å². The van der Waals surface area contributed by atoms with Gasteiger partial charge in [0.05, 0.1) is 14.2 Å². The lowest BCUT2D eigenvalue weighted by Gasteiger charge is -2.37. The summed E-state index contributed by atoms with van der Waals surface area (Å²) in [6.45, 7) is 7.64. The van der Waals surface area contributed by atoms with Gasteiger partial charge in [-0.05, 0) is 37.1 Å². The molecule has 1 saturated heterocycles. The number of ether oxygens (including phenoxy) is 3. The second kappa shape index (κ2) is 12.3. The molecule has 0 spiro atoms. The van der Waals surface area contributed by atoms with Gasteiger partial charge in [-0.15, -0.1) is 0 Å². The van der Waals surface area contributed by atoms with E-state index in [-0.39, 0.29) is 17.4 Å². The average Bonchev–Trinajstić information content (AvgIpc) is 2.90. The Morgan fingerprint density at radius 1 is 0.861 bits per heavy atom. The van der Waals surface area contributed by atoms with Crippen LogP contribution in [0.3, 0.4) is 0 Å². The van der Waals surface area contributed by atoms with Gasteiger partial charge < -0.3 is 29.3 Å². The minimum Gasteiger partial charge on any atom is -0.497 e. The number of carbonyl (C=O) groups excluding carboxylic acids is 3. The van der Waals surface area contributed by atoms with Gasteiger partial charge in [0, 0.05) is 43.5 Å². The van der Waals surface area contributed by atoms with E-state index < -0.39 is 24.0 Å². The first kappa shape index (κ1) is 26.8. The number of para-hydroxylation sites is 1. The standard InChI is InChI=1S/C27H35N3O6/c1-18(2)24(28-25(31)20-15-22(34-4)17-23(16-20)35-5)27(33)36-19(3)26(32)30-13-11-29(12-14-30)21-9-7-6-8-10-21/h6-10,15-19,24H,11-14H2,1-5H3,(H,28,31)/t19?,24-/m0/s1. The molecule has 0 radical (unpaired) electrons. The fraction of sp³-hybridized carbons (Fsp3) is 0.444. The Hall–Kier alpha value is -3.75. The van der Waals surface area contributed by atoms with Crippen LogP contribution in [0.15, 0.2) is 48.5 Å². The van der Waals surface area contributed by atoms with E-state index in [1.807, 2.05) is 30.3 Å². The van der Waals surface area contributed by atoms with Crippen molar-refractivity contribution in [3.05, 3.63) is 54.1 Å². The molecular formula is C27H35N3O6. The molecule has 194 valence electrons. The Bertz CT molecular complexity index is 1030. The first-order chi connectivity index (χ1) is 17.2. The number of carbonyl (C=O) groups is 3. The lowest BCUT2D eigenvalue weighted by Crippen LogP contribution is -2.53. The van der Waals surface area contributed by atoms with Gasteiger partial charge in [-0.25, -0.2) is 4.79 Å². The second-order valence-electron chi connectivity index (χ2n) is 9.02. The molecule has 1 fully saturated rings. The lowest BCUT2D eigenvalue weighted by molar-refractivity contribution is -0.161. The topological polar surface area (TPSA) is 97.4 Å². The van der Waals surface area contributed by atoms with Crippen LogP contribution in [-0.2, 0) is 14.3 Å². The maximum absolute atomic E-state index is 13.0. The summed E-state index contributed by atoms with van der Waals surface area (Å²) in [5.74, 6) is -0.728. The second-order valence-corrected chi connectivity index (χ2v) is 9.02. The van der Waals surface area contributed by atoms with Crippen LogP contribution in [0.25, 0.3) is 0 Å². The van der Waals surface area contributed by atoms with Crippen molar-refractivity contribution in [2.45, 2.75) is 32.9 Å².